The molecule has 0 saturated carbocycles. The van der Waals surface area contributed by atoms with Crippen LogP contribution in [0.25, 0.3) is 16.5 Å². The Hall–Kier alpha value is -1.21. The summed E-state index contributed by atoms with van der Waals surface area (Å²) in [7, 11) is 0. The van der Waals surface area contributed by atoms with E-state index in [1.807, 2.05) is 31.3 Å². The summed E-state index contributed by atoms with van der Waals surface area (Å²) in [4.78, 5) is 3.11. The van der Waals surface area contributed by atoms with Crippen LogP contribution in [0, 0.1) is 0 Å². The molecule has 1 aromatic heterocycles. The molecule has 0 atom stereocenters. The van der Waals surface area contributed by atoms with E-state index in [1.54, 1.807) is 0 Å². The quantitative estimate of drug-likeness (QED) is 0.705. The van der Waals surface area contributed by atoms with Gasteiger partial charge >= 0.3 is 0 Å². The summed E-state index contributed by atoms with van der Waals surface area (Å²) in [5.74, 6) is 0. The fourth-order valence-corrected chi connectivity index (χ4v) is 1.71. The molecule has 2 aromatic rings. The van der Waals surface area contributed by atoms with Gasteiger partial charge in [0.15, 0.2) is 0 Å². The number of fused-ring (bicyclic) bond motifs is 1. The van der Waals surface area contributed by atoms with Gasteiger partial charge < -0.3 is 4.98 Å². The highest BCUT2D eigenvalue weighted by molar-refractivity contribution is 6.35. The molecule has 0 saturated heterocycles. The molecule has 0 unspecified atom stereocenters. The van der Waals surface area contributed by atoms with Crippen molar-refractivity contribution >= 4 is 28.1 Å². The molecule has 0 spiro atoms. The Bertz CT molecular complexity index is 468. The van der Waals surface area contributed by atoms with E-state index >= 15 is 0 Å². The van der Waals surface area contributed by atoms with Gasteiger partial charge in [0.2, 0.25) is 0 Å². The minimum Gasteiger partial charge on any atom is -0.360 e. The molecular formula is C11H10ClN. The van der Waals surface area contributed by atoms with E-state index in [1.165, 1.54) is 0 Å². The molecule has 2 heteroatoms. The second kappa shape index (κ2) is 2.93. The standard InChI is InChI=1S/C11H10ClN/c1-7(2)8-3-4-10(12)11-9(8)5-6-13-11/h3-6,13H,1H2,2H3. The van der Waals surface area contributed by atoms with Crippen LogP contribution in [0.1, 0.15) is 12.5 Å². The van der Waals surface area contributed by atoms with E-state index in [9.17, 15) is 0 Å². The summed E-state index contributed by atoms with van der Waals surface area (Å²) in [5, 5.41) is 1.89. The van der Waals surface area contributed by atoms with Crippen LogP contribution in [0.3, 0.4) is 0 Å². The maximum Gasteiger partial charge on any atom is 0.0649 e. The number of halogens is 1. The average molecular weight is 192 g/mol. The largest absolute Gasteiger partial charge is 0.360 e. The van der Waals surface area contributed by atoms with Gasteiger partial charge in [-0.25, -0.2) is 0 Å². The smallest absolute Gasteiger partial charge is 0.0649 e. The second-order valence-electron chi connectivity index (χ2n) is 3.14. The molecule has 0 bridgehead atoms. The summed E-state index contributed by atoms with van der Waals surface area (Å²) in [6, 6.07) is 5.91. The van der Waals surface area contributed by atoms with Crippen LogP contribution in [0.15, 0.2) is 31.0 Å². The first-order valence-electron chi connectivity index (χ1n) is 4.11. The van der Waals surface area contributed by atoms with Gasteiger partial charge in [-0.3, -0.25) is 0 Å². The fourth-order valence-electron chi connectivity index (χ4n) is 1.49. The van der Waals surface area contributed by atoms with Crippen molar-refractivity contribution in [3.05, 3.63) is 41.6 Å². The van der Waals surface area contributed by atoms with Gasteiger partial charge in [0.05, 0.1) is 10.5 Å². The van der Waals surface area contributed by atoms with Gasteiger partial charge in [0.1, 0.15) is 0 Å². The van der Waals surface area contributed by atoms with Crippen molar-refractivity contribution in [2.24, 2.45) is 0 Å². The third kappa shape index (κ3) is 1.25. The summed E-state index contributed by atoms with van der Waals surface area (Å²) in [6.45, 7) is 5.92. The van der Waals surface area contributed by atoms with Crippen LogP contribution in [-0.2, 0) is 0 Å². The van der Waals surface area contributed by atoms with Crippen LogP contribution >= 0.6 is 11.6 Å². The van der Waals surface area contributed by atoms with Gasteiger partial charge in [0, 0.05) is 11.6 Å². The van der Waals surface area contributed by atoms with Crippen LogP contribution in [0.5, 0.6) is 0 Å². The molecule has 1 nitrogen and oxygen atoms in total. The number of hydrogen-bond acceptors (Lipinski definition) is 0. The van der Waals surface area contributed by atoms with Crippen molar-refractivity contribution < 1.29 is 0 Å². The lowest BCUT2D eigenvalue weighted by molar-refractivity contribution is 1.47. The molecule has 0 aliphatic carbocycles. The zero-order valence-electron chi connectivity index (χ0n) is 7.39. The number of rotatable bonds is 1. The highest BCUT2D eigenvalue weighted by Crippen LogP contribution is 2.28. The molecule has 0 radical (unpaired) electrons. The van der Waals surface area contributed by atoms with Crippen molar-refractivity contribution in [2.75, 3.05) is 0 Å². The number of aromatic amines is 1. The van der Waals surface area contributed by atoms with E-state index in [0.29, 0.717) is 0 Å². The Balaban J connectivity index is 2.86. The molecule has 0 amide bonds. The van der Waals surface area contributed by atoms with Gasteiger partial charge in [-0.1, -0.05) is 29.8 Å². The molecule has 1 aromatic carbocycles. The summed E-state index contributed by atoms with van der Waals surface area (Å²) >= 11 is 6.01. The fraction of sp³-hybridized carbons (Fsp3) is 0.0909. The van der Waals surface area contributed by atoms with Crippen molar-refractivity contribution in [2.45, 2.75) is 6.92 Å². The summed E-state index contributed by atoms with van der Waals surface area (Å²) < 4.78 is 0. The summed E-state index contributed by atoms with van der Waals surface area (Å²) in [5.41, 5.74) is 3.20. The zero-order chi connectivity index (χ0) is 9.42. The average Bonchev–Trinajstić information content (AvgIpc) is 2.53. The first-order valence-corrected chi connectivity index (χ1v) is 4.49. The van der Waals surface area contributed by atoms with Crippen molar-refractivity contribution in [1.82, 2.24) is 4.98 Å². The molecule has 66 valence electrons. The Morgan fingerprint density at radius 1 is 1.38 bits per heavy atom. The number of nitrogens with one attached hydrogen (secondary N) is 1. The van der Waals surface area contributed by atoms with Crippen molar-refractivity contribution in [3.8, 4) is 0 Å². The maximum absolute atomic E-state index is 6.01. The van der Waals surface area contributed by atoms with E-state index in [0.717, 1.165) is 27.1 Å². The van der Waals surface area contributed by atoms with E-state index in [4.69, 9.17) is 11.6 Å². The van der Waals surface area contributed by atoms with Crippen LogP contribution in [0.4, 0.5) is 0 Å². The molecule has 2 rings (SSSR count). The zero-order valence-corrected chi connectivity index (χ0v) is 8.15. The number of aromatic nitrogens is 1. The molecule has 1 N–H and O–H groups in total. The lowest BCUT2D eigenvalue weighted by Crippen LogP contribution is -1.80. The van der Waals surface area contributed by atoms with Crippen molar-refractivity contribution in [3.63, 3.8) is 0 Å². The molecule has 13 heavy (non-hydrogen) atoms. The molecule has 0 fully saturated rings. The van der Waals surface area contributed by atoms with Crippen molar-refractivity contribution in [1.29, 1.82) is 0 Å². The van der Waals surface area contributed by atoms with Crippen LogP contribution < -0.4 is 0 Å². The highest BCUT2D eigenvalue weighted by atomic mass is 35.5. The Kier molecular flexibility index (Phi) is 1.89. The number of allylic oxidation sites excluding steroid dienone is 1. The van der Waals surface area contributed by atoms with Crippen LogP contribution in [-0.4, -0.2) is 4.98 Å². The second-order valence-corrected chi connectivity index (χ2v) is 3.55. The summed E-state index contributed by atoms with van der Waals surface area (Å²) in [6.07, 6.45) is 1.89. The molecule has 0 aliphatic rings. The SMILES string of the molecule is C=C(C)c1ccc(Cl)c2[nH]ccc12. The Morgan fingerprint density at radius 2 is 2.15 bits per heavy atom. The minimum atomic E-state index is 0.755. The first kappa shape index (κ1) is 8.39. The highest BCUT2D eigenvalue weighted by Gasteiger charge is 2.05. The van der Waals surface area contributed by atoms with Gasteiger partial charge in [0.25, 0.3) is 0 Å². The van der Waals surface area contributed by atoms with E-state index < -0.39 is 0 Å². The minimum absolute atomic E-state index is 0.755. The first-order chi connectivity index (χ1) is 6.20. The number of H-pyrrole nitrogens is 1. The Labute approximate surface area is 82.0 Å². The molecule has 0 aliphatic heterocycles. The lowest BCUT2D eigenvalue weighted by atomic mass is 10.0. The molecule has 1 heterocycles. The normalized spacial score (nSPS) is 10.6. The third-order valence-corrected chi connectivity index (χ3v) is 2.45. The van der Waals surface area contributed by atoms with Gasteiger partial charge in [-0.15, -0.1) is 0 Å². The lowest BCUT2D eigenvalue weighted by Gasteiger charge is -2.02. The monoisotopic (exact) mass is 191 g/mol. The van der Waals surface area contributed by atoms with E-state index in [2.05, 4.69) is 11.6 Å². The van der Waals surface area contributed by atoms with E-state index in [-0.39, 0.29) is 0 Å². The van der Waals surface area contributed by atoms with Gasteiger partial charge in [-0.2, -0.15) is 0 Å². The number of hydrogen-bond donors (Lipinski definition) is 1. The third-order valence-electron chi connectivity index (χ3n) is 2.13. The molecular weight excluding hydrogens is 182 g/mol. The number of benzene rings is 1. The topological polar surface area (TPSA) is 15.8 Å². The van der Waals surface area contributed by atoms with Crippen LogP contribution in [0.2, 0.25) is 5.02 Å². The maximum atomic E-state index is 6.01. The predicted octanol–water partition coefficient (Wildman–Crippen LogP) is 3.85. The van der Waals surface area contributed by atoms with Gasteiger partial charge in [-0.05, 0) is 24.6 Å². The Morgan fingerprint density at radius 3 is 2.85 bits per heavy atom. The predicted molar refractivity (Wildman–Crippen MR) is 58.0 cm³/mol.